The second kappa shape index (κ2) is 6.58. The Bertz CT molecular complexity index is 1030. The van der Waals surface area contributed by atoms with Crippen LogP contribution in [0.25, 0.3) is 16.9 Å². The number of ether oxygens (including phenoxy) is 3. The van der Waals surface area contributed by atoms with Crippen LogP contribution in [-0.2, 0) is 4.57 Å². The molecule has 0 N–H and O–H groups in total. The Morgan fingerprint density at radius 1 is 1.19 bits per heavy atom. The van der Waals surface area contributed by atoms with E-state index in [-0.39, 0.29) is 12.5 Å². The van der Waals surface area contributed by atoms with Crippen molar-refractivity contribution in [3.63, 3.8) is 0 Å². The van der Waals surface area contributed by atoms with E-state index in [2.05, 4.69) is 14.8 Å². The van der Waals surface area contributed by atoms with E-state index in [0.29, 0.717) is 34.2 Å². The lowest BCUT2D eigenvalue weighted by atomic mass is 10.1. The molecule has 4 rings (SSSR count). The molecule has 0 saturated carbocycles. The Morgan fingerprint density at radius 3 is 2.67 bits per heavy atom. The van der Waals surface area contributed by atoms with Gasteiger partial charge in [-0.1, -0.05) is 5.21 Å². The van der Waals surface area contributed by atoms with E-state index in [4.69, 9.17) is 14.2 Å². The summed E-state index contributed by atoms with van der Waals surface area (Å²) in [6.45, 7) is 0.101. The number of benzene rings is 2. The van der Waals surface area contributed by atoms with Gasteiger partial charge < -0.3 is 33.1 Å². The van der Waals surface area contributed by atoms with Gasteiger partial charge in [-0.15, -0.1) is 5.10 Å². The third-order valence-corrected chi connectivity index (χ3v) is 4.24. The lowest BCUT2D eigenvalue weighted by Gasteiger charge is -2.28. The van der Waals surface area contributed by atoms with Gasteiger partial charge in [-0.2, -0.15) is 0 Å². The average Bonchev–Trinajstić information content (AvgIpc) is 3.29. The number of methoxy groups -OCH3 is 1. The number of nitrogens with zero attached hydrogens (tertiary/aromatic N) is 3. The zero-order valence-corrected chi connectivity index (χ0v) is 14.8. The molecule has 140 valence electrons. The summed E-state index contributed by atoms with van der Waals surface area (Å²) in [6.07, 6.45) is 1.54. The first-order valence-electron chi connectivity index (χ1n) is 7.65. The summed E-state index contributed by atoms with van der Waals surface area (Å²) < 4.78 is 32.7. The molecule has 1 aliphatic rings. The lowest BCUT2D eigenvalue weighted by molar-refractivity contribution is -0.333. The van der Waals surface area contributed by atoms with Crippen molar-refractivity contribution in [2.75, 3.05) is 13.9 Å². The predicted octanol–water partition coefficient (Wildman–Crippen LogP) is 0.879. The minimum atomic E-state index is -5.11. The van der Waals surface area contributed by atoms with Crippen LogP contribution in [0.2, 0.25) is 0 Å². The molecular formula is C16H12N3O7P-2. The van der Waals surface area contributed by atoms with Gasteiger partial charge in [-0.3, -0.25) is 0 Å². The van der Waals surface area contributed by atoms with Crippen LogP contribution in [0.1, 0.15) is 0 Å². The minimum absolute atomic E-state index is 0.0733. The summed E-state index contributed by atoms with van der Waals surface area (Å²) in [4.78, 5) is 21.4. The van der Waals surface area contributed by atoms with E-state index >= 15 is 0 Å². The van der Waals surface area contributed by atoms with E-state index in [0.717, 1.165) is 0 Å². The van der Waals surface area contributed by atoms with Crippen molar-refractivity contribution in [3.05, 3.63) is 42.6 Å². The van der Waals surface area contributed by atoms with Crippen molar-refractivity contribution in [1.29, 1.82) is 0 Å². The van der Waals surface area contributed by atoms with Gasteiger partial charge in [0.1, 0.15) is 13.6 Å². The quantitative estimate of drug-likeness (QED) is 0.583. The molecule has 11 heteroatoms. The van der Waals surface area contributed by atoms with Crippen LogP contribution in [-0.4, -0.2) is 28.9 Å². The molecule has 0 atom stereocenters. The first-order valence-corrected chi connectivity index (χ1v) is 9.11. The molecule has 0 spiro atoms. The van der Waals surface area contributed by atoms with Gasteiger partial charge in [0.2, 0.25) is 12.5 Å². The van der Waals surface area contributed by atoms with E-state index in [1.54, 1.807) is 35.1 Å². The van der Waals surface area contributed by atoms with E-state index < -0.39 is 7.82 Å². The minimum Gasteiger partial charge on any atom is -0.780 e. The lowest BCUT2D eigenvalue weighted by Crippen LogP contribution is -2.18. The molecule has 2 heterocycles. The molecule has 0 saturated heterocycles. The summed E-state index contributed by atoms with van der Waals surface area (Å²) >= 11 is 0. The Morgan fingerprint density at radius 2 is 1.96 bits per heavy atom. The van der Waals surface area contributed by atoms with Crippen LogP contribution in [0.15, 0.2) is 42.6 Å². The normalized spacial score (nSPS) is 12.9. The third kappa shape index (κ3) is 3.45. The van der Waals surface area contributed by atoms with Crippen molar-refractivity contribution < 1.29 is 33.1 Å². The Labute approximate surface area is 153 Å². The molecule has 27 heavy (non-hydrogen) atoms. The molecule has 0 amide bonds. The highest BCUT2D eigenvalue weighted by molar-refractivity contribution is 7.43. The zero-order chi connectivity index (χ0) is 19.0. The summed E-state index contributed by atoms with van der Waals surface area (Å²) in [5.41, 5.74) is 1.93. The largest absolute Gasteiger partial charge is 0.780 e. The summed E-state index contributed by atoms with van der Waals surface area (Å²) in [5, 5.41) is 8.01. The predicted molar refractivity (Wildman–Crippen MR) is 87.7 cm³/mol. The SMILES string of the molecule is COc1cc(-n2nncc2-c2ccc(OP(=O)([O-])[O-])cc2)cc2c1OCO2. The number of hydrogen-bond acceptors (Lipinski definition) is 9. The molecule has 0 unspecified atom stereocenters. The van der Waals surface area contributed by atoms with Gasteiger partial charge >= 0.3 is 0 Å². The highest BCUT2D eigenvalue weighted by Gasteiger charge is 2.22. The first-order chi connectivity index (χ1) is 12.9. The van der Waals surface area contributed by atoms with Gasteiger partial charge in [-0.25, -0.2) is 4.68 Å². The number of aromatic nitrogens is 3. The van der Waals surface area contributed by atoms with E-state index in [1.165, 1.54) is 19.2 Å². The van der Waals surface area contributed by atoms with Gasteiger partial charge in [0, 0.05) is 17.7 Å². The molecule has 0 aliphatic carbocycles. The number of phosphoric acid groups is 1. The second-order valence-corrected chi connectivity index (χ2v) is 6.55. The van der Waals surface area contributed by atoms with Crippen LogP contribution in [0.4, 0.5) is 0 Å². The molecular weight excluding hydrogens is 377 g/mol. The van der Waals surface area contributed by atoms with Crippen LogP contribution in [0.3, 0.4) is 0 Å². The smallest absolute Gasteiger partial charge is 0.231 e. The Hall–Kier alpha value is -3.07. The third-order valence-electron chi connectivity index (χ3n) is 3.80. The fraction of sp³-hybridized carbons (Fsp3) is 0.125. The average molecular weight is 389 g/mol. The second-order valence-electron chi connectivity index (χ2n) is 5.48. The zero-order valence-electron chi connectivity index (χ0n) is 13.9. The molecule has 3 aromatic rings. The van der Waals surface area contributed by atoms with Crippen LogP contribution in [0, 0.1) is 0 Å². The van der Waals surface area contributed by atoms with Crippen molar-refractivity contribution in [3.8, 4) is 39.9 Å². The molecule has 1 aromatic heterocycles. The maximum Gasteiger partial charge on any atom is 0.231 e. The first kappa shape index (κ1) is 17.3. The van der Waals surface area contributed by atoms with Crippen molar-refractivity contribution in [2.45, 2.75) is 0 Å². The number of rotatable bonds is 5. The molecule has 0 fully saturated rings. The monoisotopic (exact) mass is 389 g/mol. The van der Waals surface area contributed by atoms with E-state index in [9.17, 15) is 14.4 Å². The molecule has 0 bridgehead atoms. The van der Waals surface area contributed by atoms with Crippen molar-refractivity contribution in [2.24, 2.45) is 0 Å². The summed E-state index contributed by atoms with van der Waals surface area (Å²) in [7, 11) is -3.59. The van der Waals surface area contributed by atoms with Crippen LogP contribution in [0.5, 0.6) is 23.0 Å². The van der Waals surface area contributed by atoms with Crippen LogP contribution < -0.4 is 28.5 Å². The van der Waals surface area contributed by atoms with Crippen molar-refractivity contribution in [1.82, 2.24) is 15.0 Å². The van der Waals surface area contributed by atoms with Gasteiger partial charge in [0.15, 0.2) is 11.5 Å². The van der Waals surface area contributed by atoms with Gasteiger partial charge in [-0.05, 0) is 24.3 Å². The fourth-order valence-electron chi connectivity index (χ4n) is 2.68. The standard InChI is InChI=1S/C16H14N3O7P/c1-23-14-6-11(7-15-16(14)25-9-24-15)19-13(8-17-18-19)10-2-4-12(5-3-10)26-27(20,21)22/h2-8H,9H2,1H3,(H2,20,21,22)/p-2. The maximum absolute atomic E-state index is 10.7. The number of fused-ring (bicyclic) bond motifs is 1. The number of phosphoric ester groups is 1. The fourth-order valence-corrected chi connectivity index (χ4v) is 3.06. The molecule has 1 aliphatic heterocycles. The molecule has 0 radical (unpaired) electrons. The van der Waals surface area contributed by atoms with Gasteiger partial charge in [0.25, 0.3) is 0 Å². The molecule has 10 nitrogen and oxygen atoms in total. The molecule has 2 aromatic carbocycles. The Kier molecular flexibility index (Phi) is 4.23. The topological polar surface area (TPSA) is 131 Å². The summed E-state index contributed by atoms with van der Waals surface area (Å²) in [6, 6.07) is 9.39. The number of hydrogen-bond donors (Lipinski definition) is 0. The van der Waals surface area contributed by atoms with Crippen molar-refractivity contribution >= 4 is 7.82 Å². The Balaban J connectivity index is 1.71. The van der Waals surface area contributed by atoms with Gasteiger partial charge in [0.05, 0.1) is 24.7 Å². The highest BCUT2D eigenvalue weighted by Crippen LogP contribution is 2.43. The van der Waals surface area contributed by atoms with Crippen LogP contribution >= 0.6 is 7.82 Å². The highest BCUT2D eigenvalue weighted by atomic mass is 31.2. The van der Waals surface area contributed by atoms with E-state index in [1.807, 2.05) is 0 Å². The summed E-state index contributed by atoms with van der Waals surface area (Å²) in [5.74, 6) is 1.46. The maximum atomic E-state index is 10.7.